The van der Waals surface area contributed by atoms with Crippen molar-refractivity contribution in [3.05, 3.63) is 50.8 Å². The third-order valence-electron chi connectivity index (χ3n) is 4.73. The number of ether oxygens (including phenoxy) is 1. The predicted octanol–water partition coefficient (Wildman–Crippen LogP) is 3.50. The molecule has 6 heteroatoms. The number of hydrogen-bond donors (Lipinski definition) is 2. The van der Waals surface area contributed by atoms with Crippen LogP contribution in [0, 0.1) is 13.8 Å². The molecule has 0 saturated carbocycles. The second-order valence-electron chi connectivity index (χ2n) is 6.71. The lowest BCUT2D eigenvalue weighted by molar-refractivity contribution is -0.709. The zero-order chi connectivity index (χ0) is 19.6. The van der Waals surface area contributed by atoms with E-state index in [9.17, 15) is 9.59 Å². The minimum absolute atomic E-state index is 0.00229. The van der Waals surface area contributed by atoms with Crippen molar-refractivity contribution in [3.8, 4) is 5.75 Å². The molecule has 0 unspecified atom stereocenters. The van der Waals surface area contributed by atoms with Crippen molar-refractivity contribution in [1.29, 1.82) is 0 Å². The van der Waals surface area contributed by atoms with Crippen LogP contribution in [0.15, 0.2) is 22.7 Å². The quantitative estimate of drug-likeness (QED) is 0.671. The summed E-state index contributed by atoms with van der Waals surface area (Å²) in [4.78, 5) is 27.8. The summed E-state index contributed by atoms with van der Waals surface area (Å²) in [6.45, 7) is 9.12. The van der Waals surface area contributed by atoms with Gasteiger partial charge in [0, 0.05) is 16.8 Å². The summed E-state index contributed by atoms with van der Waals surface area (Å²) in [6.07, 6.45) is 0. The van der Waals surface area contributed by atoms with Crippen LogP contribution in [-0.4, -0.2) is 29.7 Å². The van der Waals surface area contributed by atoms with Gasteiger partial charge in [-0.1, -0.05) is 0 Å². The van der Waals surface area contributed by atoms with E-state index in [4.69, 9.17) is 4.74 Å². The number of aryl methyl sites for hydroxylation is 1. The van der Waals surface area contributed by atoms with E-state index in [1.165, 1.54) is 6.92 Å². The lowest BCUT2D eigenvalue weighted by Gasteiger charge is -2.17. The normalized spacial score (nSPS) is 13.3. The fourth-order valence-corrected chi connectivity index (χ4v) is 3.91. The van der Waals surface area contributed by atoms with E-state index in [0.717, 1.165) is 27.0 Å². The number of aromatic nitrogens is 1. The van der Waals surface area contributed by atoms with Gasteiger partial charge in [-0.3, -0.25) is 9.59 Å². The van der Waals surface area contributed by atoms with Gasteiger partial charge in [0.25, 0.3) is 0 Å². The molecule has 5 nitrogen and oxygen atoms in total. The van der Waals surface area contributed by atoms with E-state index in [2.05, 4.69) is 27.8 Å². The van der Waals surface area contributed by atoms with Gasteiger partial charge in [0.1, 0.15) is 17.8 Å². The smallest absolute Gasteiger partial charge is 0.235 e. The fraction of sp³-hybridized carbons (Fsp3) is 0.400. The molecule has 2 aromatic rings. The number of quaternary nitrogens is 1. The molecule has 26 heavy (non-hydrogen) atoms. The second kappa shape index (κ2) is 8.18. The van der Waals surface area contributed by atoms with Gasteiger partial charge in [0.15, 0.2) is 5.78 Å². The highest BCUT2D eigenvalue weighted by Gasteiger charge is 2.27. The van der Waals surface area contributed by atoms with Gasteiger partial charge in [-0.15, -0.1) is 0 Å². The number of aromatic amines is 1. The van der Waals surface area contributed by atoms with Crippen LogP contribution < -0.4 is 10.1 Å². The van der Waals surface area contributed by atoms with Gasteiger partial charge >= 0.3 is 0 Å². The highest BCUT2D eigenvalue weighted by molar-refractivity contribution is 9.10. The van der Waals surface area contributed by atoms with E-state index in [1.54, 1.807) is 7.11 Å². The zero-order valence-corrected chi connectivity index (χ0v) is 17.7. The lowest BCUT2D eigenvalue weighted by Crippen LogP contribution is -2.91. The van der Waals surface area contributed by atoms with Crippen molar-refractivity contribution >= 4 is 27.5 Å². The molecular weight excluding hydrogens is 396 g/mol. The largest absolute Gasteiger partial charge is 0.496 e. The van der Waals surface area contributed by atoms with Crippen LogP contribution in [-0.2, 0) is 0 Å². The average Bonchev–Trinajstić information content (AvgIpc) is 2.88. The van der Waals surface area contributed by atoms with Crippen LogP contribution in [0.4, 0.5) is 0 Å². The molecule has 3 N–H and O–H groups in total. The van der Waals surface area contributed by atoms with Crippen LogP contribution >= 0.6 is 15.9 Å². The molecule has 1 aromatic carbocycles. The van der Waals surface area contributed by atoms with Gasteiger partial charge in [-0.05, 0) is 74.3 Å². The van der Waals surface area contributed by atoms with Gasteiger partial charge < -0.3 is 15.0 Å². The number of benzene rings is 1. The van der Waals surface area contributed by atoms with Crippen molar-refractivity contribution in [2.45, 2.75) is 46.7 Å². The Hall–Kier alpha value is -1.92. The van der Waals surface area contributed by atoms with Crippen LogP contribution in [0.25, 0.3) is 0 Å². The van der Waals surface area contributed by atoms with Gasteiger partial charge in [0.2, 0.25) is 5.78 Å². The Kier molecular flexibility index (Phi) is 6.42. The molecule has 1 aromatic heterocycles. The molecule has 0 saturated heterocycles. The molecule has 0 aliphatic carbocycles. The van der Waals surface area contributed by atoms with Gasteiger partial charge in [-0.25, -0.2) is 0 Å². The minimum atomic E-state index is -0.276. The number of hydrogen-bond acceptors (Lipinski definition) is 3. The number of H-pyrrole nitrogens is 1. The Morgan fingerprint density at radius 1 is 1.23 bits per heavy atom. The number of halogens is 1. The fourth-order valence-electron chi connectivity index (χ4n) is 3.35. The van der Waals surface area contributed by atoms with Crippen molar-refractivity contribution in [1.82, 2.24) is 4.98 Å². The van der Waals surface area contributed by atoms with E-state index in [1.807, 2.05) is 44.3 Å². The van der Waals surface area contributed by atoms with Gasteiger partial charge in [-0.2, -0.15) is 0 Å². The summed E-state index contributed by atoms with van der Waals surface area (Å²) in [5, 5.41) is 2.03. The Morgan fingerprint density at radius 3 is 2.38 bits per heavy atom. The highest BCUT2D eigenvalue weighted by Crippen LogP contribution is 2.27. The summed E-state index contributed by atoms with van der Waals surface area (Å²) in [6, 6.07) is 5.74. The first-order valence-corrected chi connectivity index (χ1v) is 9.39. The number of carbonyl (C=O) groups excluding carboxylic acids is 2. The van der Waals surface area contributed by atoms with E-state index in [0.29, 0.717) is 11.3 Å². The molecule has 140 valence electrons. The summed E-state index contributed by atoms with van der Waals surface area (Å²) < 4.78 is 6.15. The maximum absolute atomic E-state index is 12.9. The van der Waals surface area contributed by atoms with Crippen molar-refractivity contribution in [3.63, 3.8) is 0 Å². The third-order valence-corrected chi connectivity index (χ3v) is 5.35. The standard InChI is InChI=1S/C20H25BrN2O3/c1-10-18(14(5)24)12(3)23-19(10)20(25)13(4)22-11(2)15-7-8-17(26-6)16(21)9-15/h7-9,11,13,22-23H,1-6H3/p+1/t11-,13+/m0/s1. The number of ketones is 2. The number of rotatable bonds is 7. The Morgan fingerprint density at radius 2 is 1.88 bits per heavy atom. The zero-order valence-electron chi connectivity index (χ0n) is 16.1. The Labute approximate surface area is 162 Å². The predicted molar refractivity (Wildman–Crippen MR) is 105 cm³/mol. The van der Waals surface area contributed by atoms with E-state index < -0.39 is 0 Å². The molecule has 1 heterocycles. The molecule has 0 aliphatic rings. The summed E-state index contributed by atoms with van der Waals surface area (Å²) >= 11 is 3.50. The molecule has 0 bridgehead atoms. The second-order valence-corrected chi connectivity index (χ2v) is 7.56. The summed E-state index contributed by atoms with van der Waals surface area (Å²) in [5.41, 5.74) is 3.73. The third kappa shape index (κ3) is 4.07. The molecule has 2 atom stereocenters. The SMILES string of the molecule is COc1ccc([C@H](C)[NH2+][C@H](C)C(=O)c2[nH]c(C)c(C(C)=O)c2C)cc1Br. The topological polar surface area (TPSA) is 75.8 Å². The van der Waals surface area contributed by atoms with E-state index in [-0.39, 0.29) is 23.7 Å². The molecule has 0 spiro atoms. The van der Waals surface area contributed by atoms with E-state index >= 15 is 0 Å². The number of Topliss-reactive ketones (excluding diaryl/α,β-unsaturated/α-hetero) is 2. The van der Waals surface area contributed by atoms with Gasteiger partial charge in [0.05, 0.1) is 17.3 Å². The first-order chi connectivity index (χ1) is 12.2. The summed E-state index contributed by atoms with van der Waals surface area (Å²) in [7, 11) is 1.63. The lowest BCUT2D eigenvalue weighted by atomic mass is 10.0. The molecule has 0 aliphatic heterocycles. The number of carbonyl (C=O) groups is 2. The maximum Gasteiger partial charge on any atom is 0.235 e. The minimum Gasteiger partial charge on any atom is -0.496 e. The number of nitrogens with one attached hydrogen (secondary N) is 1. The van der Waals surface area contributed by atoms with Crippen molar-refractivity contribution in [2.75, 3.05) is 7.11 Å². The van der Waals surface area contributed by atoms with Crippen molar-refractivity contribution in [2.24, 2.45) is 0 Å². The number of nitrogens with two attached hydrogens (primary N) is 1. The Balaban J connectivity index is 2.18. The molecule has 0 fully saturated rings. The molecular formula is C20H26BrN2O3+. The highest BCUT2D eigenvalue weighted by atomic mass is 79.9. The Bertz CT molecular complexity index is 842. The van der Waals surface area contributed by atoms with Crippen LogP contribution in [0.2, 0.25) is 0 Å². The molecule has 2 rings (SSSR count). The first kappa shape index (κ1) is 20.4. The van der Waals surface area contributed by atoms with Crippen LogP contribution in [0.5, 0.6) is 5.75 Å². The number of methoxy groups -OCH3 is 1. The summed E-state index contributed by atoms with van der Waals surface area (Å²) in [5.74, 6) is 0.750. The first-order valence-electron chi connectivity index (χ1n) is 8.60. The monoisotopic (exact) mass is 421 g/mol. The maximum atomic E-state index is 12.9. The molecule has 0 radical (unpaired) electrons. The van der Waals surface area contributed by atoms with Crippen LogP contribution in [0.1, 0.15) is 64.5 Å². The average molecular weight is 422 g/mol. The van der Waals surface area contributed by atoms with Crippen LogP contribution in [0.3, 0.4) is 0 Å². The van der Waals surface area contributed by atoms with Crippen molar-refractivity contribution < 1.29 is 19.6 Å². The molecule has 0 amide bonds.